The molecule has 0 aromatic heterocycles. The van der Waals surface area contributed by atoms with Crippen molar-refractivity contribution in [3.63, 3.8) is 0 Å². The Labute approximate surface area is 104 Å². The van der Waals surface area contributed by atoms with Gasteiger partial charge in [-0.25, -0.2) is 0 Å². The number of nitrogens with one attached hydrogen (secondary N) is 1. The van der Waals surface area contributed by atoms with E-state index in [0.717, 1.165) is 12.8 Å². The summed E-state index contributed by atoms with van der Waals surface area (Å²) in [6.45, 7) is 8.10. The van der Waals surface area contributed by atoms with Crippen molar-refractivity contribution in [2.75, 3.05) is 0 Å². The van der Waals surface area contributed by atoms with E-state index in [4.69, 9.17) is 12.2 Å². The van der Waals surface area contributed by atoms with Crippen molar-refractivity contribution < 1.29 is 4.79 Å². The molecule has 0 aliphatic carbocycles. The Morgan fingerprint density at radius 2 is 1.87 bits per heavy atom. The van der Waals surface area contributed by atoms with Gasteiger partial charge in [0.25, 0.3) is 0 Å². The zero-order chi connectivity index (χ0) is 12.1. The Morgan fingerprint density at radius 1 is 1.40 bits per heavy atom. The number of carbonyl (C=O) groups is 1. The molecule has 0 aliphatic rings. The average molecular weight is 247 g/mol. The number of Topliss-reactive ketones (excluding diaryl/α,β-unsaturated/α-hetero) is 1. The highest BCUT2D eigenvalue weighted by Gasteiger charge is 2.34. The second-order valence-electron chi connectivity index (χ2n) is 4.24. The van der Waals surface area contributed by atoms with Gasteiger partial charge in [0.15, 0.2) is 5.78 Å². The maximum Gasteiger partial charge on any atom is 0.158 e. The van der Waals surface area contributed by atoms with E-state index < -0.39 is 5.54 Å². The Balaban J connectivity index is 4.75. The predicted molar refractivity (Wildman–Crippen MR) is 72.5 cm³/mol. The van der Waals surface area contributed by atoms with Crippen LogP contribution in [0.3, 0.4) is 0 Å². The molecule has 88 valence electrons. The van der Waals surface area contributed by atoms with Crippen LogP contribution in [0.5, 0.6) is 0 Å². The highest BCUT2D eigenvalue weighted by atomic mass is 32.1. The van der Waals surface area contributed by atoms with E-state index in [2.05, 4.69) is 17.9 Å². The van der Waals surface area contributed by atoms with Crippen molar-refractivity contribution >= 4 is 35.0 Å². The van der Waals surface area contributed by atoms with E-state index in [9.17, 15) is 4.79 Å². The number of carbonyl (C=O) groups excluding carboxylic acids is 1. The van der Waals surface area contributed by atoms with Gasteiger partial charge in [-0.3, -0.25) is 4.79 Å². The second kappa shape index (κ2) is 6.48. The lowest BCUT2D eigenvalue weighted by Crippen LogP contribution is -2.52. The van der Waals surface area contributed by atoms with Gasteiger partial charge in [0.05, 0.1) is 5.54 Å². The van der Waals surface area contributed by atoms with E-state index in [1.54, 1.807) is 0 Å². The Kier molecular flexibility index (Phi) is 6.44. The van der Waals surface area contributed by atoms with E-state index in [0.29, 0.717) is 16.7 Å². The number of thiol groups is 1. The SMILES string of the molecule is CCC(CC)(NC(=S)S)C(=O)CC(C)C. The molecule has 0 atom stereocenters. The third-order valence-corrected chi connectivity index (χ3v) is 2.89. The molecule has 0 spiro atoms. The van der Waals surface area contributed by atoms with E-state index in [1.165, 1.54) is 0 Å². The van der Waals surface area contributed by atoms with Gasteiger partial charge < -0.3 is 5.32 Å². The van der Waals surface area contributed by atoms with Crippen LogP contribution in [0.1, 0.15) is 47.0 Å². The van der Waals surface area contributed by atoms with Crippen molar-refractivity contribution in [1.82, 2.24) is 5.32 Å². The molecule has 0 unspecified atom stereocenters. The predicted octanol–water partition coefficient (Wildman–Crippen LogP) is 2.96. The van der Waals surface area contributed by atoms with E-state index >= 15 is 0 Å². The number of ketones is 1. The van der Waals surface area contributed by atoms with Crippen LogP contribution < -0.4 is 5.32 Å². The van der Waals surface area contributed by atoms with Crippen molar-refractivity contribution in [3.8, 4) is 0 Å². The molecule has 0 amide bonds. The molecule has 4 heteroatoms. The van der Waals surface area contributed by atoms with Crippen LogP contribution in [-0.4, -0.2) is 15.6 Å². The smallest absolute Gasteiger partial charge is 0.158 e. The second-order valence-corrected chi connectivity index (χ2v) is 5.40. The fourth-order valence-electron chi connectivity index (χ4n) is 1.66. The first kappa shape index (κ1) is 14.9. The first-order valence-corrected chi connectivity index (χ1v) is 6.28. The summed E-state index contributed by atoms with van der Waals surface area (Å²) >= 11 is 8.96. The molecule has 0 aromatic rings. The van der Waals surface area contributed by atoms with Crippen LogP contribution in [-0.2, 0) is 4.79 Å². The summed E-state index contributed by atoms with van der Waals surface area (Å²) in [4.78, 5) is 12.1. The minimum Gasteiger partial charge on any atom is -0.359 e. The molecule has 0 fully saturated rings. The lowest BCUT2D eigenvalue weighted by molar-refractivity contribution is -0.125. The summed E-state index contributed by atoms with van der Waals surface area (Å²) in [7, 11) is 0. The van der Waals surface area contributed by atoms with Gasteiger partial charge in [-0.2, -0.15) is 0 Å². The maximum atomic E-state index is 12.1. The van der Waals surface area contributed by atoms with Gasteiger partial charge in [0.1, 0.15) is 4.32 Å². The molecule has 0 aliphatic heterocycles. The topological polar surface area (TPSA) is 29.1 Å². The number of rotatable bonds is 6. The number of thiocarbonyl (C=S) groups is 1. The third kappa shape index (κ3) is 4.51. The lowest BCUT2D eigenvalue weighted by Gasteiger charge is -2.32. The molecule has 1 N–H and O–H groups in total. The van der Waals surface area contributed by atoms with Crippen LogP contribution >= 0.6 is 24.8 Å². The molecule has 0 bridgehead atoms. The van der Waals surface area contributed by atoms with Crippen molar-refractivity contribution in [3.05, 3.63) is 0 Å². The van der Waals surface area contributed by atoms with Crippen LogP contribution in [0.25, 0.3) is 0 Å². The summed E-state index contributed by atoms with van der Waals surface area (Å²) in [6.07, 6.45) is 2.08. The van der Waals surface area contributed by atoms with Gasteiger partial charge in [-0.1, -0.05) is 39.9 Å². The molecular weight excluding hydrogens is 226 g/mol. The molecule has 2 nitrogen and oxygen atoms in total. The molecule has 15 heavy (non-hydrogen) atoms. The summed E-state index contributed by atoms with van der Waals surface area (Å²) in [5, 5.41) is 3.04. The summed E-state index contributed by atoms with van der Waals surface area (Å²) in [5.74, 6) is 0.615. The van der Waals surface area contributed by atoms with Crippen LogP contribution in [0, 0.1) is 5.92 Å². The standard InChI is InChI=1S/C11H21NOS2/c1-5-11(6-2,12-10(14)15)9(13)7-8(3)4/h8H,5-7H2,1-4H3,(H2,12,14,15). The van der Waals surface area contributed by atoms with Crippen molar-refractivity contribution in [2.24, 2.45) is 5.92 Å². The quantitative estimate of drug-likeness (QED) is 0.558. The molecule has 0 rings (SSSR count). The highest BCUT2D eigenvalue weighted by Crippen LogP contribution is 2.21. The zero-order valence-electron chi connectivity index (χ0n) is 9.96. The van der Waals surface area contributed by atoms with Crippen LogP contribution in [0.4, 0.5) is 0 Å². The summed E-state index contributed by atoms with van der Waals surface area (Å²) in [5.41, 5.74) is -0.511. The molecule has 0 saturated carbocycles. The lowest BCUT2D eigenvalue weighted by atomic mass is 9.84. The van der Waals surface area contributed by atoms with Gasteiger partial charge >= 0.3 is 0 Å². The molecular formula is C11H21NOS2. The van der Waals surface area contributed by atoms with E-state index in [1.807, 2.05) is 27.7 Å². The van der Waals surface area contributed by atoms with Crippen LogP contribution in [0.2, 0.25) is 0 Å². The largest absolute Gasteiger partial charge is 0.359 e. The number of hydrogen-bond acceptors (Lipinski definition) is 2. The Morgan fingerprint density at radius 3 is 2.13 bits per heavy atom. The molecule has 0 saturated heterocycles. The zero-order valence-corrected chi connectivity index (χ0v) is 11.7. The van der Waals surface area contributed by atoms with Gasteiger partial charge in [-0.05, 0) is 18.8 Å². The Bertz CT molecular complexity index is 235. The normalized spacial score (nSPS) is 11.6. The van der Waals surface area contributed by atoms with Crippen molar-refractivity contribution in [2.45, 2.75) is 52.5 Å². The fraction of sp³-hybridized carbons (Fsp3) is 0.818. The first-order chi connectivity index (χ1) is 6.88. The monoisotopic (exact) mass is 247 g/mol. The first-order valence-electron chi connectivity index (χ1n) is 5.42. The average Bonchev–Trinajstić information content (AvgIpc) is 2.12. The van der Waals surface area contributed by atoms with Crippen molar-refractivity contribution in [1.29, 1.82) is 0 Å². The third-order valence-electron chi connectivity index (χ3n) is 2.68. The minimum absolute atomic E-state index is 0.235. The summed E-state index contributed by atoms with van der Waals surface area (Å²) in [6, 6.07) is 0. The molecule has 0 heterocycles. The highest BCUT2D eigenvalue weighted by molar-refractivity contribution is 8.11. The maximum absolute atomic E-state index is 12.1. The van der Waals surface area contributed by atoms with Gasteiger partial charge in [0, 0.05) is 6.42 Å². The minimum atomic E-state index is -0.511. The van der Waals surface area contributed by atoms with E-state index in [-0.39, 0.29) is 5.78 Å². The molecule has 0 aromatic carbocycles. The number of hydrogen-bond donors (Lipinski definition) is 2. The summed E-state index contributed by atoms with van der Waals surface area (Å²) < 4.78 is 0.399. The fourth-order valence-corrected chi connectivity index (χ4v) is 2.07. The van der Waals surface area contributed by atoms with Gasteiger partial charge in [-0.15, -0.1) is 12.6 Å². The molecule has 0 radical (unpaired) electrons. The van der Waals surface area contributed by atoms with Crippen LogP contribution in [0.15, 0.2) is 0 Å². The Hall–Kier alpha value is -0.0900. The van der Waals surface area contributed by atoms with Gasteiger partial charge in [0.2, 0.25) is 0 Å².